The van der Waals surface area contributed by atoms with E-state index >= 15 is 0 Å². The molecule has 0 aromatic rings. The number of hydrogen-bond donors (Lipinski definition) is 0. The van der Waals surface area contributed by atoms with Crippen molar-refractivity contribution in [3.05, 3.63) is 43.2 Å². The molecule has 0 saturated heterocycles. The number of halogens is 2. The van der Waals surface area contributed by atoms with E-state index in [-0.39, 0.29) is 53.1 Å². The van der Waals surface area contributed by atoms with E-state index in [0.29, 0.717) is 0 Å². The summed E-state index contributed by atoms with van der Waals surface area (Å²) in [6.45, 7) is 4.50. The quantitative estimate of drug-likeness (QED) is 0.621. The molecule has 0 spiro atoms. The Balaban J connectivity index is 0.000000980. The van der Waals surface area contributed by atoms with Crippen molar-refractivity contribution in [1.82, 2.24) is 0 Å². The average molecular weight is 368 g/mol. The van der Waals surface area contributed by atoms with E-state index in [1.54, 1.807) is 7.76 Å². The van der Waals surface area contributed by atoms with E-state index in [1.807, 2.05) is 0 Å². The Morgan fingerprint density at radius 3 is 1.53 bits per heavy atom. The van der Waals surface area contributed by atoms with E-state index in [4.69, 9.17) is 0 Å². The molecule has 0 amide bonds. The molecule has 2 aliphatic carbocycles. The minimum atomic E-state index is 0. The molecule has 2 aliphatic rings. The Morgan fingerprint density at radius 1 is 0.867 bits per heavy atom. The fourth-order valence-corrected chi connectivity index (χ4v) is 3.84. The van der Waals surface area contributed by atoms with Crippen LogP contribution < -0.4 is 0 Å². The van der Waals surface area contributed by atoms with Crippen molar-refractivity contribution in [1.29, 1.82) is 0 Å². The van der Waals surface area contributed by atoms with E-state index in [1.165, 1.54) is 24.0 Å². The van der Waals surface area contributed by atoms with E-state index in [2.05, 4.69) is 38.2 Å². The summed E-state index contributed by atoms with van der Waals surface area (Å²) in [7, 11) is 0. The molecule has 0 saturated carbocycles. The van der Waals surface area contributed by atoms with Crippen LogP contribution in [-0.2, 0) is 19.2 Å². The van der Waals surface area contributed by atoms with Crippen LogP contribution >= 0.6 is 34.0 Å². The predicted octanol–water partition coefficient (Wildman–Crippen LogP) is 4.69. The molecule has 0 aliphatic heterocycles. The summed E-state index contributed by atoms with van der Waals surface area (Å²) in [5, 5.41) is 0. The normalized spacial score (nSPS) is 18.0. The standard InChI is InChI=1S/2C6H7.2BrH.Ti/c2*1-6-4-2-3-5-6;;;/h2*2,4H,3H2,1H3;2*1H;. The van der Waals surface area contributed by atoms with Gasteiger partial charge in [0.05, 0.1) is 0 Å². The van der Waals surface area contributed by atoms with Gasteiger partial charge in [-0.2, -0.15) is 0 Å². The molecule has 15 heavy (non-hydrogen) atoms. The van der Waals surface area contributed by atoms with Gasteiger partial charge in [-0.3, -0.25) is 0 Å². The fourth-order valence-electron chi connectivity index (χ4n) is 1.71. The van der Waals surface area contributed by atoms with Crippen molar-refractivity contribution in [2.45, 2.75) is 26.7 Å². The first kappa shape index (κ1) is 15.6. The van der Waals surface area contributed by atoms with Gasteiger partial charge >= 0.3 is 89.0 Å². The topological polar surface area (TPSA) is 0 Å². The first-order valence-electron chi connectivity index (χ1n) is 4.77. The van der Waals surface area contributed by atoms with Gasteiger partial charge in [0.25, 0.3) is 0 Å². The second kappa shape index (κ2) is 7.06. The second-order valence-electron chi connectivity index (χ2n) is 3.66. The van der Waals surface area contributed by atoms with Gasteiger partial charge in [0.1, 0.15) is 0 Å². The van der Waals surface area contributed by atoms with Crippen LogP contribution in [-0.4, -0.2) is 0 Å². The Labute approximate surface area is 122 Å². The third kappa shape index (κ3) is 3.85. The molecule has 0 nitrogen and oxygen atoms in total. The van der Waals surface area contributed by atoms with Gasteiger partial charge in [-0.25, -0.2) is 0 Å². The zero-order chi connectivity index (χ0) is 9.26. The number of rotatable bonds is 2. The third-order valence-corrected chi connectivity index (χ3v) is 5.44. The molecule has 0 unspecified atom stereocenters. The van der Waals surface area contributed by atoms with Crippen LogP contribution in [0.1, 0.15) is 26.7 Å². The molecule has 0 radical (unpaired) electrons. The zero-order valence-electron chi connectivity index (χ0n) is 9.04. The van der Waals surface area contributed by atoms with Gasteiger partial charge < -0.3 is 0 Å². The number of hydrogen-bond acceptors (Lipinski definition) is 0. The maximum atomic E-state index is 2.30. The predicted molar refractivity (Wildman–Crippen MR) is 73.6 cm³/mol. The van der Waals surface area contributed by atoms with Crippen molar-refractivity contribution in [2.24, 2.45) is 0 Å². The van der Waals surface area contributed by atoms with Crippen molar-refractivity contribution in [3.8, 4) is 0 Å². The third-order valence-electron chi connectivity index (χ3n) is 2.63. The fraction of sp³-hybridized carbons (Fsp3) is 0.333. The van der Waals surface area contributed by atoms with Crippen molar-refractivity contribution in [3.63, 3.8) is 0 Å². The monoisotopic (exact) mass is 366 g/mol. The van der Waals surface area contributed by atoms with Crippen LogP contribution in [0.4, 0.5) is 0 Å². The van der Waals surface area contributed by atoms with Gasteiger partial charge in [-0.15, -0.1) is 34.0 Å². The zero-order valence-corrected chi connectivity index (χ0v) is 14.0. The summed E-state index contributed by atoms with van der Waals surface area (Å²) < 4.78 is 3.47. The molecule has 0 aromatic carbocycles. The Bertz CT molecular complexity index is 315. The molecule has 0 atom stereocenters. The van der Waals surface area contributed by atoms with Crippen LogP contribution in [0.5, 0.6) is 0 Å². The second-order valence-corrected chi connectivity index (χ2v) is 5.94. The molecule has 0 aromatic heterocycles. The average Bonchev–Trinajstić information content (AvgIpc) is 2.65. The molecular formula is C12H16Br2Ti. The minimum absolute atomic E-state index is 0. The molecule has 0 fully saturated rings. The van der Waals surface area contributed by atoms with Crippen molar-refractivity contribution >= 4 is 34.0 Å². The van der Waals surface area contributed by atoms with Gasteiger partial charge in [0.2, 0.25) is 0 Å². The van der Waals surface area contributed by atoms with Crippen LogP contribution in [0, 0.1) is 0 Å². The summed E-state index contributed by atoms with van der Waals surface area (Å²) in [5.74, 6) is 0. The van der Waals surface area contributed by atoms with Crippen LogP contribution in [0.25, 0.3) is 0 Å². The Kier molecular flexibility index (Phi) is 7.36. The van der Waals surface area contributed by atoms with Gasteiger partial charge in [0, 0.05) is 0 Å². The van der Waals surface area contributed by atoms with Crippen LogP contribution in [0.2, 0.25) is 0 Å². The molecule has 0 N–H and O–H groups in total. The molecular weight excluding hydrogens is 352 g/mol. The summed E-state index contributed by atoms with van der Waals surface area (Å²) in [4.78, 5) is 0. The summed E-state index contributed by atoms with van der Waals surface area (Å²) in [6.07, 6.45) is 11.6. The van der Waals surface area contributed by atoms with E-state index < -0.39 is 0 Å². The molecule has 0 bridgehead atoms. The molecule has 82 valence electrons. The van der Waals surface area contributed by atoms with Crippen molar-refractivity contribution < 1.29 is 19.2 Å². The first-order valence-corrected chi connectivity index (χ1v) is 6.33. The SMILES string of the molecule is Br.Br.CC1=[C]([Ti][C]2=C(C)C=CC2)CC=C1. The van der Waals surface area contributed by atoms with Crippen molar-refractivity contribution in [2.75, 3.05) is 0 Å². The van der Waals surface area contributed by atoms with Gasteiger partial charge in [-0.1, -0.05) is 0 Å². The Hall–Kier alpha value is 0.634. The van der Waals surface area contributed by atoms with E-state index in [0.717, 1.165) is 0 Å². The number of allylic oxidation sites excluding steroid dienone is 8. The Morgan fingerprint density at radius 2 is 1.27 bits per heavy atom. The van der Waals surface area contributed by atoms with Gasteiger partial charge in [0.15, 0.2) is 0 Å². The summed E-state index contributed by atoms with van der Waals surface area (Å²) >= 11 is 0.0324. The molecule has 3 heteroatoms. The maximum absolute atomic E-state index is 2.30. The molecule has 2 rings (SSSR count). The van der Waals surface area contributed by atoms with Crippen LogP contribution in [0.15, 0.2) is 43.2 Å². The molecule has 0 heterocycles. The summed E-state index contributed by atoms with van der Waals surface area (Å²) in [5.41, 5.74) is 3.07. The van der Waals surface area contributed by atoms with E-state index in [9.17, 15) is 0 Å². The van der Waals surface area contributed by atoms with Crippen LogP contribution in [0.3, 0.4) is 0 Å². The first-order chi connectivity index (χ1) is 6.27. The van der Waals surface area contributed by atoms with Gasteiger partial charge in [-0.05, 0) is 0 Å². The summed E-state index contributed by atoms with van der Waals surface area (Å²) in [6, 6.07) is 0.